The standard InChI is InChI=1S/C11H23N3S/c1-11(2)8-14-6-4-5-10(14)9(13-11)7-15-12-3/h9-10,12-13H,4-8H2,1-3H3. The molecule has 0 saturated carbocycles. The lowest BCUT2D eigenvalue weighted by atomic mass is 9.94. The molecule has 2 rings (SSSR count). The maximum atomic E-state index is 3.80. The van der Waals surface area contributed by atoms with Crippen molar-refractivity contribution < 1.29 is 0 Å². The van der Waals surface area contributed by atoms with Crippen LogP contribution in [0.25, 0.3) is 0 Å². The molecule has 2 unspecified atom stereocenters. The van der Waals surface area contributed by atoms with Crippen LogP contribution in [0.2, 0.25) is 0 Å². The lowest BCUT2D eigenvalue weighted by Crippen LogP contribution is -2.65. The normalized spacial score (nSPS) is 35.4. The Kier molecular flexibility index (Phi) is 3.60. The van der Waals surface area contributed by atoms with Crippen molar-refractivity contribution in [2.75, 3.05) is 25.9 Å². The van der Waals surface area contributed by atoms with Crippen LogP contribution in [0.15, 0.2) is 0 Å². The highest BCUT2D eigenvalue weighted by molar-refractivity contribution is 7.97. The topological polar surface area (TPSA) is 27.3 Å². The van der Waals surface area contributed by atoms with Gasteiger partial charge in [-0.1, -0.05) is 11.9 Å². The molecule has 3 nitrogen and oxygen atoms in total. The lowest BCUT2D eigenvalue weighted by Gasteiger charge is -2.46. The average Bonchev–Trinajstić information content (AvgIpc) is 2.59. The Balaban J connectivity index is 2.00. The Morgan fingerprint density at radius 2 is 2.33 bits per heavy atom. The highest BCUT2D eigenvalue weighted by atomic mass is 32.2. The zero-order valence-electron chi connectivity index (χ0n) is 10.0. The molecule has 2 saturated heterocycles. The van der Waals surface area contributed by atoms with Gasteiger partial charge < -0.3 is 5.32 Å². The van der Waals surface area contributed by atoms with Crippen molar-refractivity contribution in [1.29, 1.82) is 0 Å². The molecular weight excluding hydrogens is 206 g/mol. The number of piperazine rings is 1. The van der Waals surface area contributed by atoms with Crippen molar-refractivity contribution in [2.45, 2.75) is 44.3 Å². The van der Waals surface area contributed by atoms with Crippen LogP contribution in [0.1, 0.15) is 26.7 Å². The van der Waals surface area contributed by atoms with Crippen LogP contribution in [-0.4, -0.2) is 48.4 Å². The van der Waals surface area contributed by atoms with E-state index in [1.165, 1.54) is 31.7 Å². The van der Waals surface area contributed by atoms with Crippen LogP contribution < -0.4 is 10.0 Å². The van der Waals surface area contributed by atoms with E-state index in [-0.39, 0.29) is 5.54 Å². The second-order valence-corrected chi connectivity index (χ2v) is 6.36. The molecule has 2 heterocycles. The fraction of sp³-hybridized carbons (Fsp3) is 1.00. The average molecular weight is 229 g/mol. The summed E-state index contributed by atoms with van der Waals surface area (Å²) >= 11 is 1.83. The fourth-order valence-corrected chi connectivity index (χ4v) is 3.63. The molecule has 0 bridgehead atoms. The first-order valence-corrected chi connectivity index (χ1v) is 6.91. The molecule has 2 aliphatic heterocycles. The summed E-state index contributed by atoms with van der Waals surface area (Å²) in [4.78, 5) is 2.68. The second-order valence-electron chi connectivity index (χ2n) is 5.33. The Bertz CT molecular complexity index is 220. The summed E-state index contributed by atoms with van der Waals surface area (Å²) in [6.45, 7) is 7.14. The molecule has 88 valence electrons. The molecule has 0 aromatic heterocycles. The Hall–Kier alpha value is 0.230. The molecule has 15 heavy (non-hydrogen) atoms. The van der Waals surface area contributed by atoms with Gasteiger partial charge in [-0.25, -0.2) is 0 Å². The molecule has 0 spiro atoms. The van der Waals surface area contributed by atoms with Crippen molar-refractivity contribution in [3.8, 4) is 0 Å². The minimum absolute atomic E-state index is 0.278. The Morgan fingerprint density at radius 3 is 3.07 bits per heavy atom. The minimum Gasteiger partial charge on any atom is -0.305 e. The molecule has 0 amide bonds. The molecule has 0 radical (unpaired) electrons. The predicted molar refractivity (Wildman–Crippen MR) is 67.1 cm³/mol. The number of hydrogen-bond donors (Lipinski definition) is 2. The molecule has 0 aromatic rings. The molecule has 2 aliphatic rings. The first-order valence-electron chi connectivity index (χ1n) is 5.93. The van der Waals surface area contributed by atoms with E-state index in [4.69, 9.17) is 0 Å². The van der Waals surface area contributed by atoms with Gasteiger partial charge in [-0.2, -0.15) is 0 Å². The van der Waals surface area contributed by atoms with E-state index in [2.05, 4.69) is 28.8 Å². The van der Waals surface area contributed by atoms with E-state index in [0.717, 1.165) is 6.04 Å². The third-order valence-corrected chi connectivity index (χ3v) is 4.27. The summed E-state index contributed by atoms with van der Waals surface area (Å²) in [5.41, 5.74) is 0.278. The minimum atomic E-state index is 0.278. The van der Waals surface area contributed by atoms with Gasteiger partial charge in [0.1, 0.15) is 0 Å². The number of fused-ring (bicyclic) bond motifs is 1. The van der Waals surface area contributed by atoms with Crippen LogP contribution in [-0.2, 0) is 0 Å². The molecule has 0 aliphatic carbocycles. The van der Waals surface area contributed by atoms with Crippen LogP contribution in [0.5, 0.6) is 0 Å². The predicted octanol–water partition coefficient (Wildman–Crippen LogP) is 1.07. The fourth-order valence-electron chi connectivity index (χ4n) is 2.98. The number of nitrogens with zero attached hydrogens (tertiary/aromatic N) is 1. The Labute approximate surface area is 97.5 Å². The van der Waals surface area contributed by atoms with Gasteiger partial charge in [-0.3, -0.25) is 9.62 Å². The summed E-state index contributed by atoms with van der Waals surface area (Å²) < 4.78 is 3.18. The molecule has 0 aromatic carbocycles. The van der Waals surface area contributed by atoms with Gasteiger partial charge in [0.2, 0.25) is 0 Å². The van der Waals surface area contributed by atoms with Crippen LogP contribution in [0.4, 0.5) is 0 Å². The molecule has 2 N–H and O–H groups in total. The monoisotopic (exact) mass is 229 g/mol. The summed E-state index contributed by atoms with van der Waals surface area (Å²) in [5, 5.41) is 3.80. The maximum Gasteiger partial charge on any atom is 0.0332 e. The van der Waals surface area contributed by atoms with E-state index < -0.39 is 0 Å². The summed E-state index contributed by atoms with van der Waals surface area (Å²) in [7, 11) is 2.01. The van der Waals surface area contributed by atoms with E-state index in [0.29, 0.717) is 6.04 Å². The third-order valence-electron chi connectivity index (χ3n) is 3.46. The van der Waals surface area contributed by atoms with Gasteiger partial charge in [0.05, 0.1) is 0 Å². The van der Waals surface area contributed by atoms with Crippen molar-refractivity contribution in [2.24, 2.45) is 0 Å². The largest absolute Gasteiger partial charge is 0.305 e. The molecule has 2 atom stereocenters. The van der Waals surface area contributed by atoms with Crippen molar-refractivity contribution in [1.82, 2.24) is 14.9 Å². The molecule has 2 fully saturated rings. The lowest BCUT2D eigenvalue weighted by molar-refractivity contribution is 0.0967. The van der Waals surface area contributed by atoms with E-state index >= 15 is 0 Å². The highest BCUT2D eigenvalue weighted by Gasteiger charge is 2.41. The number of nitrogens with one attached hydrogen (secondary N) is 2. The second kappa shape index (κ2) is 4.62. The van der Waals surface area contributed by atoms with Gasteiger partial charge in [0, 0.05) is 29.9 Å². The number of hydrogen-bond acceptors (Lipinski definition) is 4. The van der Waals surface area contributed by atoms with Crippen molar-refractivity contribution >= 4 is 11.9 Å². The maximum absolute atomic E-state index is 3.80. The zero-order chi connectivity index (χ0) is 10.9. The van der Waals surface area contributed by atoms with Gasteiger partial charge in [-0.15, -0.1) is 0 Å². The first kappa shape index (κ1) is 11.7. The molecule has 4 heteroatoms. The van der Waals surface area contributed by atoms with Crippen LogP contribution in [0, 0.1) is 0 Å². The quantitative estimate of drug-likeness (QED) is 0.708. The third kappa shape index (κ3) is 2.67. The van der Waals surface area contributed by atoms with Crippen molar-refractivity contribution in [3.63, 3.8) is 0 Å². The summed E-state index contributed by atoms with van der Waals surface area (Å²) in [5.74, 6) is 1.17. The van der Waals surface area contributed by atoms with Gasteiger partial charge in [0.15, 0.2) is 0 Å². The van der Waals surface area contributed by atoms with E-state index in [9.17, 15) is 0 Å². The zero-order valence-corrected chi connectivity index (χ0v) is 10.9. The number of rotatable bonds is 3. The van der Waals surface area contributed by atoms with Crippen LogP contribution >= 0.6 is 11.9 Å². The smallest absolute Gasteiger partial charge is 0.0332 e. The first-order chi connectivity index (χ1) is 7.12. The van der Waals surface area contributed by atoms with Gasteiger partial charge in [-0.05, 0) is 40.3 Å². The summed E-state index contributed by atoms with van der Waals surface area (Å²) in [6.07, 6.45) is 2.75. The molecular formula is C11H23N3S. The van der Waals surface area contributed by atoms with E-state index in [1.54, 1.807) is 0 Å². The van der Waals surface area contributed by atoms with Crippen LogP contribution in [0.3, 0.4) is 0 Å². The summed E-state index contributed by atoms with van der Waals surface area (Å²) in [6, 6.07) is 1.42. The van der Waals surface area contributed by atoms with Gasteiger partial charge in [0.25, 0.3) is 0 Å². The highest BCUT2D eigenvalue weighted by Crippen LogP contribution is 2.28. The SMILES string of the molecule is CNSCC1NC(C)(C)CN2CCCC12. The Morgan fingerprint density at radius 1 is 1.53 bits per heavy atom. The van der Waals surface area contributed by atoms with E-state index in [1.807, 2.05) is 19.0 Å². The van der Waals surface area contributed by atoms with Crippen molar-refractivity contribution in [3.05, 3.63) is 0 Å². The van der Waals surface area contributed by atoms with Gasteiger partial charge >= 0.3 is 0 Å².